The molecule has 3 heterocycles. The third-order valence-electron chi connectivity index (χ3n) is 4.33. The summed E-state index contributed by atoms with van der Waals surface area (Å²) in [5, 5.41) is 5.77. The van der Waals surface area contributed by atoms with E-state index in [0.29, 0.717) is 30.5 Å². The Morgan fingerprint density at radius 2 is 2.19 bits per heavy atom. The average Bonchev–Trinajstić information content (AvgIpc) is 3.35. The van der Waals surface area contributed by atoms with Crippen LogP contribution < -0.4 is 0 Å². The number of halogens is 2. The van der Waals surface area contributed by atoms with E-state index in [2.05, 4.69) is 15.1 Å². The topological polar surface area (TPSA) is 72.1 Å². The van der Waals surface area contributed by atoms with Gasteiger partial charge in [0.1, 0.15) is 5.69 Å². The van der Waals surface area contributed by atoms with Gasteiger partial charge >= 0.3 is 0 Å². The second kappa shape index (κ2) is 6.91. The van der Waals surface area contributed by atoms with Crippen LogP contribution in [0, 0.1) is 11.6 Å². The van der Waals surface area contributed by atoms with Crippen LogP contribution >= 0.6 is 11.3 Å². The molecule has 0 N–H and O–H groups in total. The molecule has 1 atom stereocenters. The Morgan fingerprint density at radius 1 is 1.31 bits per heavy atom. The number of piperidine rings is 1. The number of nitrogens with zero attached hydrogens (tertiary/aromatic N) is 4. The number of aromatic nitrogens is 3. The lowest BCUT2D eigenvalue weighted by atomic mass is 9.97. The highest BCUT2D eigenvalue weighted by atomic mass is 32.1. The van der Waals surface area contributed by atoms with Gasteiger partial charge in [0, 0.05) is 24.0 Å². The molecule has 0 bridgehead atoms. The predicted molar refractivity (Wildman–Crippen MR) is 89.6 cm³/mol. The Labute approximate surface area is 151 Å². The summed E-state index contributed by atoms with van der Waals surface area (Å²) in [5.41, 5.74) is 2.46. The minimum atomic E-state index is -1.03. The molecule has 26 heavy (non-hydrogen) atoms. The maximum Gasteiger partial charge on any atom is 0.253 e. The highest BCUT2D eigenvalue weighted by Gasteiger charge is 2.29. The normalized spacial score (nSPS) is 17.5. The number of rotatable bonds is 3. The highest BCUT2D eigenvalue weighted by molar-refractivity contribution is 7.07. The van der Waals surface area contributed by atoms with Crippen molar-refractivity contribution in [3.63, 3.8) is 0 Å². The number of hydrogen-bond acceptors (Lipinski definition) is 6. The van der Waals surface area contributed by atoms with Crippen molar-refractivity contribution in [1.82, 2.24) is 20.0 Å². The standard InChI is InChI=1S/C17H14F2N4O2S/c18-12-4-3-10(6-13(12)19)17(24)23-5-1-2-11(7-23)16-21-15(22-25-16)14-8-26-9-20-14/h3-4,6,8-9,11H,1-2,5,7H2. The molecular weight excluding hydrogens is 362 g/mol. The summed E-state index contributed by atoms with van der Waals surface area (Å²) >= 11 is 1.44. The SMILES string of the molecule is O=C(c1ccc(F)c(F)c1)N1CCCC(c2nc(-c3cscn3)no2)C1. The molecule has 0 radical (unpaired) electrons. The highest BCUT2D eigenvalue weighted by Crippen LogP contribution is 2.28. The first-order chi connectivity index (χ1) is 12.6. The lowest BCUT2D eigenvalue weighted by Crippen LogP contribution is -2.39. The van der Waals surface area contributed by atoms with Gasteiger partial charge in [-0.3, -0.25) is 4.79 Å². The zero-order valence-corrected chi connectivity index (χ0v) is 14.4. The summed E-state index contributed by atoms with van der Waals surface area (Å²) < 4.78 is 31.8. The molecule has 1 aliphatic rings. The Bertz CT molecular complexity index is 929. The van der Waals surface area contributed by atoms with E-state index in [1.54, 1.807) is 10.4 Å². The Kier molecular flexibility index (Phi) is 4.46. The molecule has 0 aliphatic carbocycles. The van der Waals surface area contributed by atoms with Crippen LogP contribution in [0.15, 0.2) is 33.6 Å². The third-order valence-corrected chi connectivity index (χ3v) is 4.91. The second-order valence-electron chi connectivity index (χ2n) is 6.05. The summed E-state index contributed by atoms with van der Waals surface area (Å²) in [5.74, 6) is -1.57. The van der Waals surface area contributed by atoms with E-state index >= 15 is 0 Å². The Morgan fingerprint density at radius 3 is 2.96 bits per heavy atom. The first-order valence-electron chi connectivity index (χ1n) is 8.08. The molecule has 1 saturated heterocycles. The van der Waals surface area contributed by atoms with Gasteiger partial charge in [-0.2, -0.15) is 4.98 Å². The lowest BCUT2D eigenvalue weighted by molar-refractivity contribution is 0.0695. The van der Waals surface area contributed by atoms with Crippen molar-refractivity contribution in [3.05, 3.63) is 52.2 Å². The molecule has 3 aromatic rings. The van der Waals surface area contributed by atoms with E-state index < -0.39 is 11.6 Å². The van der Waals surface area contributed by atoms with Gasteiger partial charge < -0.3 is 9.42 Å². The zero-order valence-electron chi connectivity index (χ0n) is 13.6. The average molecular weight is 376 g/mol. The van der Waals surface area contributed by atoms with Crippen LogP contribution in [0.2, 0.25) is 0 Å². The monoisotopic (exact) mass is 376 g/mol. The number of likely N-dealkylation sites (tertiary alicyclic amines) is 1. The Hall–Kier alpha value is -2.68. The van der Waals surface area contributed by atoms with Crippen molar-refractivity contribution >= 4 is 17.2 Å². The number of carbonyl (C=O) groups is 1. The van der Waals surface area contributed by atoms with Crippen molar-refractivity contribution in [2.24, 2.45) is 0 Å². The molecule has 1 aliphatic heterocycles. The molecule has 4 rings (SSSR count). The Balaban J connectivity index is 1.50. The fraction of sp³-hybridized carbons (Fsp3) is 0.294. The number of carbonyl (C=O) groups excluding carboxylic acids is 1. The van der Waals surface area contributed by atoms with Crippen molar-refractivity contribution in [3.8, 4) is 11.5 Å². The molecule has 0 saturated carbocycles. The van der Waals surface area contributed by atoms with Crippen LogP contribution in [0.1, 0.15) is 35.0 Å². The van der Waals surface area contributed by atoms with Gasteiger partial charge in [-0.15, -0.1) is 11.3 Å². The van der Waals surface area contributed by atoms with Crippen LogP contribution in [-0.4, -0.2) is 39.0 Å². The summed E-state index contributed by atoms with van der Waals surface area (Å²) in [6.45, 7) is 0.929. The number of benzene rings is 1. The number of hydrogen-bond donors (Lipinski definition) is 0. The minimum absolute atomic E-state index is 0.0992. The third kappa shape index (κ3) is 3.22. The molecule has 1 amide bonds. The van der Waals surface area contributed by atoms with Crippen molar-refractivity contribution in [2.75, 3.05) is 13.1 Å². The second-order valence-corrected chi connectivity index (χ2v) is 6.77. The van der Waals surface area contributed by atoms with Crippen molar-refractivity contribution < 1.29 is 18.1 Å². The van der Waals surface area contributed by atoms with Crippen LogP contribution in [0.25, 0.3) is 11.5 Å². The molecule has 134 valence electrons. The van der Waals surface area contributed by atoms with Crippen LogP contribution in [0.3, 0.4) is 0 Å². The largest absolute Gasteiger partial charge is 0.339 e. The van der Waals surface area contributed by atoms with Gasteiger partial charge in [0.05, 0.1) is 11.4 Å². The van der Waals surface area contributed by atoms with Gasteiger partial charge in [0.2, 0.25) is 11.7 Å². The zero-order chi connectivity index (χ0) is 18.1. The van der Waals surface area contributed by atoms with E-state index in [-0.39, 0.29) is 17.4 Å². The number of thiazole rings is 1. The van der Waals surface area contributed by atoms with Crippen LogP contribution in [-0.2, 0) is 0 Å². The molecule has 9 heteroatoms. The van der Waals surface area contributed by atoms with Gasteiger partial charge in [-0.1, -0.05) is 5.16 Å². The summed E-state index contributed by atoms with van der Waals surface area (Å²) in [7, 11) is 0. The van der Waals surface area contributed by atoms with E-state index in [1.165, 1.54) is 17.4 Å². The maximum absolute atomic E-state index is 13.4. The van der Waals surface area contributed by atoms with Gasteiger partial charge in [0.25, 0.3) is 5.91 Å². The quantitative estimate of drug-likeness (QED) is 0.700. The smallest absolute Gasteiger partial charge is 0.253 e. The fourth-order valence-electron chi connectivity index (χ4n) is 3.00. The predicted octanol–water partition coefficient (Wildman–Crippen LogP) is 3.49. The first kappa shape index (κ1) is 16.8. The van der Waals surface area contributed by atoms with E-state index in [1.807, 2.05) is 5.38 Å². The molecule has 1 unspecified atom stereocenters. The summed E-state index contributed by atoms with van der Waals surface area (Å²) in [4.78, 5) is 22.7. The fourth-order valence-corrected chi connectivity index (χ4v) is 3.53. The molecule has 1 aromatic carbocycles. The molecule has 6 nitrogen and oxygen atoms in total. The minimum Gasteiger partial charge on any atom is -0.339 e. The number of amides is 1. The molecule has 2 aromatic heterocycles. The first-order valence-corrected chi connectivity index (χ1v) is 9.02. The van der Waals surface area contributed by atoms with E-state index in [4.69, 9.17) is 4.52 Å². The maximum atomic E-state index is 13.4. The molecule has 1 fully saturated rings. The van der Waals surface area contributed by atoms with E-state index in [9.17, 15) is 13.6 Å². The van der Waals surface area contributed by atoms with Gasteiger partial charge in [-0.25, -0.2) is 13.8 Å². The van der Waals surface area contributed by atoms with Gasteiger partial charge in [-0.05, 0) is 31.0 Å². The van der Waals surface area contributed by atoms with Crippen LogP contribution in [0.4, 0.5) is 8.78 Å². The van der Waals surface area contributed by atoms with Gasteiger partial charge in [0.15, 0.2) is 11.6 Å². The molecular formula is C17H14F2N4O2S. The van der Waals surface area contributed by atoms with Crippen molar-refractivity contribution in [1.29, 1.82) is 0 Å². The molecule has 0 spiro atoms. The lowest BCUT2D eigenvalue weighted by Gasteiger charge is -2.31. The summed E-state index contributed by atoms with van der Waals surface area (Å²) in [6, 6.07) is 3.17. The van der Waals surface area contributed by atoms with Crippen molar-refractivity contribution in [2.45, 2.75) is 18.8 Å². The van der Waals surface area contributed by atoms with E-state index in [0.717, 1.165) is 25.0 Å². The van der Waals surface area contributed by atoms with Crippen LogP contribution in [0.5, 0.6) is 0 Å². The summed E-state index contributed by atoms with van der Waals surface area (Å²) in [6.07, 6.45) is 1.56.